The molecule has 8 nitrogen and oxygen atoms in total. The molecule has 0 aliphatic carbocycles. The van der Waals surface area contributed by atoms with Crippen molar-refractivity contribution < 1.29 is 28.6 Å². The molecule has 0 radical (unpaired) electrons. The van der Waals surface area contributed by atoms with Crippen molar-refractivity contribution in [2.24, 2.45) is 0 Å². The molecule has 2 aromatic rings. The Balaban J connectivity index is 1.69. The van der Waals surface area contributed by atoms with Crippen LogP contribution in [-0.2, 0) is 9.59 Å². The van der Waals surface area contributed by atoms with Crippen LogP contribution >= 0.6 is 0 Å². The quantitative estimate of drug-likeness (QED) is 0.375. The Kier molecular flexibility index (Phi) is 6.82. The maximum atomic E-state index is 12.4. The summed E-state index contributed by atoms with van der Waals surface area (Å²) in [6.07, 6.45) is 1.43. The highest BCUT2D eigenvalue weighted by Crippen LogP contribution is 2.29. The van der Waals surface area contributed by atoms with E-state index in [2.05, 4.69) is 6.07 Å². The third kappa shape index (κ3) is 4.91. The Morgan fingerprint density at radius 2 is 1.41 bits per heavy atom. The highest BCUT2D eigenvalue weighted by atomic mass is 16.5. The van der Waals surface area contributed by atoms with Crippen LogP contribution in [0.1, 0.15) is 16.7 Å². The van der Waals surface area contributed by atoms with Gasteiger partial charge in [0.2, 0.25) is 0 Å². The molecular weight excluding hydrogens is 412 g/mol. The van der Waals surface area contributed by atoms with Crippen molar-refractivity contribution in [3.63, 3.8) is 0 Å². The summed E-state index contributed by atoms with van der Waals surface area (Å²) in [5, 5.41) is 0. The predicted octanol–water partition coefficient (Wildman–Crippen LogP) is 3.20. The summed E-state index contributed by atoms with van der Waals surface area (Å²) in [5.74, 6) is 0.431. The third-order valence-electron chi connectivity index (χ3n) is 4.95. The summed E-state index contributed by atoms with van der Waals surface area (Å²) in [5.41, 5.74) is 2.72. The first-order valence-corrected chi connectivity index (χ1v) is 10.0. The fourth-order valence-electron chi connectivity index (χ4n) is 3.36. The summed E-state index contributed by atoms with van der Waals surface area (Å²) in [7, 11) is 4.17. The molecule has 1 heterocycles. The lowest BCUT2D eigenvalue weighted by Crippen LogP contribution is -2.52. The Labute approximate surface area is 187 Å². The van der Waals surface area contributed by atoms with E-state index in [0.29, 0.717) is 30.3 Å². The van der Waals surface area contributed by atoms with E-state index in [0.717, 1.165) is 26.7 Å². The number of carbonyl (C=O) groups excluding carboxylic acids is 3. The molecule has 168 valence electrons. The summed E-state index contributed by atoms with van der Waals surface area (Å²) in [6.45, 7) is 4.69. The average Bonchev–Trinajstić information content (AvgIpc) is 2.76. The van der Waals surface area contributed by atoms with Crippen LogP contribution in [0, 0.1) is 13.8 Å². The molecule has 1 saturated heterocycles. The van der Waals surface area contributed by atoms with Crippen LogP contribution in [0.3, 0.4) is 0 Å². The van der Waals surface area contributed by atoms with Crippen LogP contribution < -0.4 is 14.2 Å². The summed E-state index contributed by atoms with van der Waals surface area (Å²) < 4.78 is 16.9. The average molecular weight is 438 g/mol. The van der Waals surface area contributed by atoms with Gasteiger partial charge in [-0.1, -0.05) is 12.1 Å². The molecule has 1 fully saturated rings. The van der Waals surface area contributed by atoms with Crippen LogP contribution in [0.5, 0.6) is 17.2 Å². The highest BCUT2D eigenvalue weighted by Gasteiger charge is 2.37. The van der Waals surface area contributed by atoms with Crippen molar-refractivity contribution >= 4 is 23.9 Å². The number of benzene rings is 2. The molecule has 1 aliphatic rings. The first-order valence-electron chi connectivity index (χ1n) is 10.0. The van der Waals surface area contributed by atoms with Crippen LogP contribution in [-0.4, -0.2) is 62.1 Å². The van der Waals surface area contributed by atoms with E-state index in [-0.39, 0.29) is 5.57 Å². The molecule has 3 rings (SSSR count). The summed E-state index contributed by atoms with van der Waals surface area (Å²) in [6, 6.07) is 10.4. The number of urea groups is 1. The molecule has 8 heteroatoms. The molecular formula is C24H26N2O6. The topological polar surface area (TPSA) is 85.4 Å². The smallest absolute Gasteiger partial charge is 0.333 e. The van der Waals surface area contributed by atoms with Gasteiger partial charge in [-0.2, -0.15) is 0 Å². The van der Waals surface area contributed by atoms with Crippen molar-refractivity contribution in [2.45, 2.75) is 13.8 Å². The normalized spacial score (nSPS) is 14.0. The second-order valence-electron chi connectivity index (χ2n) is 7.50. The SMILES string of the molecule is COc1cc(C=C2C(=O)N(C)C(=O)N(C)C2=O)ccc1OCCOc1cc(C)cc(C)c1. The van der Waals surface area contributed by atoms with Crippen molar-refractivity contribution in [1.82, 2.24) is 9.80 Å². The molecule has 0 aromatic heterocycles. The number of likely N-dealkylation sites (N-methyl/N-ethyl adjacent to an activating group) is 2. The van der Waals surface area contributed by atoms with E-state index < -0.39 is 17.8 Å². The lowest BCUT2D eigenvalue weighted by Gasteiger charge is -2.28. The van der Waals surface area contributed by atoms with Gasteiger partial charge in [0, 0.05) is 14.1 Å². The zero-order valence-corrected chi connectivity index (χ0v) is 18.8. The number of methoxy groups -OCH3 is 1. The fraction of sp³-hybridized carbons (Fsp3) is 0.292. The molecule has 4 amide bonds. The van der Waals surface area contributed by atoms with Crippen LogP contribution in [0.25, 0.3) is 6.08 Å². The van der Waals surface area contributed by atoms with E-state index in [1.165, 1.54) is 27.3 Å². The van der Waals surface area contributed by atoms with Gasteiger partial charge in [0.25, 0.3) is 11.8 Å². The number of carbonyl (C=O) groups is 3. The summed E-state index contributed by atoms with van der Waals surface area (Å²) >= 11 is 0. The monoisotopic (exact) mass is 438 g/mol. The molecule has 0 N–H and O–H groups in total. The number of ether oxygens (including phenoxy) is 3. The first-order chi connectivity index (χ1) is 15.2. The number of hydrogen-bond acceptors (Lipinski definition) is 6. The first kappa shape index (κ1) is 22.9. The van der Waals surface area contributed by atoms with Gasteiger partial charge < -0.3 is 14.2 Å². The van der Waals surface area contributed by atoms with E-state index in [9.17, 15) is 14.4 Å². The second-order valence-corrected chi connectivity index (χ2v) is 7.50. The Hall–Kier alpha value is -3.81. The predicted molar refractivity (Wildman–Crippen MR) is 119 cm³/mol. The van der Waals surface area contributed by atoms with Crippen LogP contribution in [0.15, 0.2) is 42.0 Å². The van der Waals surface area contributed by atoms with Gasteiger partial charge in [-0.3, -0.25) is 19.4 Å². The Morgan fingerprint density at radius 3 is 2.00 bits per heavy atom. The fourth-order valence-corrected chi connectivity index (χ4v) is 3.36. The van der Waals surface area contributed by atoms with Crippen molar-refractivity contribution in [2.75, 3.05) is 34.4 Å². The highest BCUT2D eigenvalue weighted by molar-refractivity contribution is 6.30. The van der Waals surface area contributed by atoms with E-state index in [4.69, 9.17) is 14.2 Å². The maximum absolute atomic E-state index is 12.4. The molecule has 0 atom stereocenters. The zero-order valence-electron chi connectivity index (χ0n) is 18.8. The van der Waals surface area contributed by atoms with Gasteiger partial charge in [0.05, 0.1) is 7.11 Å². The van der Waals surface area contributed by atoms with Gasteiger partial charge in [-0.25, -0.2) is 4.79 Å². The van der Waals surface area contributed by atoms with Gasteiger partial charge in [-0.05, 0) is 60.9 Å². The van der Waals surface area contributed by atoms with Gasteiger partial charge >= 0.3 is 6.03 Å². The molecule has 0 spiro atoms. The van der Waals surface area contributed by atoms with Crippen molar-refractivity contribution in [3.05, 3.63) is 58.7 Å². The van der Waals surface area contributed by atoms with Gasteiger partial charge in [0.15, 0.2) is 11.5 Å². The number of aryl methyl sites for hydroxylation is 2. The number of rotatable bonds is 7. The standard InChI is InChI=1S/C24H26N2O6/c1-15-10-16(2)12-18(11-15)31-8-9-32-20-7-6-17(14-21(20)30-5)13-19-22(27)25(3)24(29)26(4)23(19)28/h6-7,10-14H,8-9H2,1-5H3. The molecule has 1 aliphatic heterocycles. The minimum atomic E-state index is -0.665. The van der Waals surface area contributed by atoms with Crippen LogP contribution in [0.2, 0.25) is 0 Å². The zero-order chi connectivity index (χ0) is 23.4. The minimum Gasteiger partial charge on any atom is -0.493 e. The van der Waals surface area contributed by atoms with E-state index in [1.807, 2.05) is 26.0 Å². The largest absolute Gasteiger partial charge is 0.493 e. The van der Waals surface area contributed by atoms with Crippen molar-refractivity contribution in [1.29, 1.82) is 0 Å². The lowest BCUT2D eigenvalue weighted by molar-refractivity contribution is -0.134. The number of imide groups is 2. The third-order valence-corrected chi connectivity index (χ3v) is 4.95. The molecule has 0 unspecified atom stereocenters. The number of amides is 4. The molecule has 2 aromatic carbocycles. The number of hydrogen-bond donors (Lipinski definition) is 0. The second kappa shape index (κ2) is 9.55. The Bertz CT molecular complexity index is 1050. The molecule has 0 bridgehead atoms. The molecule has 0 saturated carbocycles. The summed E-state index contributed by atoms with van der Waals surface area (Å²) in [4.78, 5) is 38.4. The maximum Gasteiger partial charge on any atom is 0.333 e. The van der Waals surface area contributed by atoms with Crippen LogP contribution in [0.4, 0.5) is 4.79 Å². The van der Waals surface area contributed by atoms with Gasteiger partial charge in [-0.15, -0.1) is 0 Å². The van der Waals surface area contributed by atoms with Crippen molar-refractivity contribution in [3.8, 4) is 17.2 Å². The number of barbiturate groups is 1. The van der Waals surface area contributed by atoms with Gasteiger partial charge in [0.1, 0.15) is 24.5 Å². The van der Waals surface area contributed by atoms with E-state index >= 15 is 0 Å². The number of nitrogens with zero attached hydrogens (tertiary/aromatic N) is 2. The van der Waals surface area contributed by atoms with E-state index in [1.54, 1.807) is 18.2 Å². The minimum absolute atomic E-state index is 0.104. The molecule has 32 heavy (non-hydrogen) atoms. The lowest BCUT2D eigenvalue weighted by atomic mass is 10.1. The Morgan fingerprint density at radius 1 is 0.812 bits per heavy atom.